The molecule has 3 rings (SSSR count). The van der Waals surface area contributed by atoms with E-state index in [1.165, 1.54) is 80.9 Å². The summed E-state index contributed by atoms with van der Waals surface area (Å²) in [6.07, 6.45) is 18.5. The summed E-state index contributed by atoms with van der Waals surface area (Å²) in [5, 5.41) is 0. The van der Waals surface area contributed by atoms with Gasteiger partial charge in [-0.25, -0.2) is 4.79 Å². The van der Waals surface area contributed by atoms with E-state index in [9.17, 15) is 4.79 Å². The molecule has 2 aromatic carbocycles. The molecule has 0 fully saturated rings. The molecule has 0 aromatic heterocycles. The van der Waals surface area contributed by atoms with Gasteiger partial charge in [-0.05, 0) is 90.8 Å². The van der Waals surface area contributed by atoms with Crippen molar-refractivity contribution in [1.82, 2.24) is 0 Å². The van der Waals surface area contributed by atoms with Gasteiger partial charge in [0.15, 0.2) is 0 Å². The Bertz CT molecular complexity index is 950. The van der Waals surface area contributed by atoms with Gasteiger partial charge in [0.25, 0.3) is 0 Å². The summed E-state index contributed by atoms with van der Waals surface area (Å²) in [5.74, 6) is -0.257. The quantitative estimate of drug-likeness (QED) is 0.145. The van der Waals surface area contributed by atoms with Crippen molar-refractivity contribution < 1.29 is 9.53 Å². The summed E-state index contributed by atoms with van der Waals surface area (Å²) in [7, 11) is 0. The van der Waals surface area contributed by atoms with E-state index in [0.29, 0.717) is 17.6 Å². The van der Waals surface area contributed by atoms with Crippen molar-refractivity contribution in [2.24, 2.45) is 5.41 Å². The highest BCUT2D eigenvalue weighted by atomic mass is 16.5. The third-order valence-corrected chi connectivity index (χ3v) is 7.28. The summed E-state index contributed by atoms with van der Waals surface area (Å²) < 4.78 is 5.10. The fourth-order valence-corrected chi connectivity index (χ4v) is 4.89. The second-order valence-corrected chi connectivity index (χ2v) is 10.7. The van der Waals surface area contributed by atoms with Crippen LogP contribution in [0.3, 0.4) is 0 Å². The van der Waals surface area contributed by atoms with Gasteiger partial charge >= 0.3 is 5.97 Å². The SMILES string of the molecule is CCCCCCCCc1cc2c(cc1/C=C/c1ccc(C(=O)OCC)cc1)CCC(C)(C)CC2. The molecule has 34 heavy (non-hydrogen) atoms. The highest BCUT2D eigenvalue weighted by molar-refractivity contribution is 5.89. The Hall–Kier alpha value is -2.35. The molecule has 0 saturated heterocycles. The standard InChI is InChI=1S/C32H44O2/c1-5-7-8-9-10-11-12-27-23-29-19-21-32(3,4)22-20-30(29)24-28(27)18-15-25-13-16-26(17-14-25)31(33)34-6-2/h13-18,23-24H,5-12,19-22H2,1-4H3/b18-15+. The van der Waals surface area contributed by atoms with Gasteiger partial charge < -0.3 is 4.74 Å². The number of carbonyl (C=O) groups is 1. The molecule has 0 atom stereocenters. The topological polar surface area (TPSA) is 26.3 Å². The van der Waals surface area contributed by atoms with E-state index < -0.39 is 0 Å². The second-order valence-electron chi connectivity index (χ2n) is 10.7. The Morgan fingerprint density at radius 2 is 1.53 bits per heavy atom. The summed E-state index contributed by atoms with van der Waals surface area (Å²) >= 11 is 0. The first kappa shape index (κ1) is 26.3. The zero-order chi connectivity index (χ0) is 24.4. The summed E-state index contributed by atoms with van der Waals surface area (Å²) in [6.45, 7) is 9.34. The molecule has 0 bridgehead atoms. The minimum Gasteiger partial charge on any atom is -0.462 e. The average molecular weight is 461 g/mol. The van der Waals surface area contributed by atoms with E-state index in [4.69, 9.17) is 4.74 Å². The van der Waals surface area contributed by atoms with Gasteiger partial charge in [-0.2, -0.15) is 0 Å². The van der Waals surface area contributed by atoms with E-state index in [1.54, 1.807) is 5.56 Å². The van der Waals surface area contributed by atoms with E-state index >= 15 is 0 Å². The van der Waals surface area contributed by atoms with Gasteiger partial charge in [0.05, 0.1) is 12.2 Å². The first-order valence-corrected chi connectivity index (χ1v) is 13.5. The summed E-state index contributed by atoms with van der Waals surface area (Å²) in [6, 6.07) is 12.7. The Labute approximate surface area is 207 Å². The maximum absolute atomic E-state index is 11.9. The molecule has 0 N–H and O–H groups in total. The predicted octanol–water partition coefficient (Wildman–Crippen LogP) is 8.84. The molecule has 0 heterocycles. The number of ether oxygens (including phenoxy) is 1. The number of fused-ring (bicyclic) bond motifs is 1. The smallest absolute Gasteiger partial charge is 0.338 e. The highest BCUT2D eigenvalue weighted by Gasteiger charge is 2.23. The average Bonchev–Trinajstić information content (AvgIpc) is 2.98. The maximum atomic E-state index is 11.9. The monoisotopic (exact) mass is 460 g/mol. The van der Waals surface area contributed by atoms with Crippen LogP contribution >= 0.6 is 0 Å². The molecule has 0 amide bonds. The molecular formula is C32H44O2. The molecule has 0 aliphatic heterocycles. The van der Waals surface area contributed by atoms with Crippen LogP contribution in [0.2, 0.25) is 0 Å². The maximum Gasteiger partial charge on any atom is 0.338 e. The number of hydrogen-bond acceptors (Lipinski definition) is 2. The van der Waals surface area contributed by atoms with Crippen LogP contribution in [0.15, 0.2) is 36.4 Å². The molecule has 2 aromatic rings. The number of esters is 1. The van der Waals surface area contributed by atoms with Crippen LogP contribution < -0.4 is 0 Å². The molecule has 2 nitrogen and oxygen atoms in total. The highest BCUT2D eigenvalue weighted by Crippen LogP contribution is 2.35. The lowest BCUT2D eigenvalue weighted by Gasteiger charge is -2.21. The molecule has 1 aliphatic rings. The van der Waals surface area contributed by atoms with Crippen LogP contribution in [0.25, 0.3) is 12.2 Å². The first-order valence-electron chi connectivity index (χ1n) is 13.5. The molecule has 184 valence electrons. The fourth-order valence-electron chi connectivity index (χ4n) is 4.89. The van der Waals surface area contributed by atoms with E-state index in [2.05, 4.69) is 45.1 Å². The first-order chi connectivity index (χ1) is 16.4. The van der Waals surface area contributed by atoms with Crippen molar-refractivity contribution in [3.8, 4) is 0 Å². The van der Waals surface area contributed by atoms with Crippen LogP contribution in [0.4, 0.5) is 0 Å². The molecule has 2 heteroatoms. The van der Waals surface area contributed by atoms with E-state index in [-0.39, 0.29) is 5.97 Å². The van der Waals surface area contributed by atoms with E-state index in [1.807, 2.05) is 31.2 Å². The molecule has 0 spiro atoms. The van der Waals surface area contributed by atoms with Gasteiger partial charge in [-0.3, -0.25) is 0 Å². The number of carbonyl (C=O) groups excluding carboxylic acids is 1. The van der Waals surface area contributed by atoms with Crippen LogP contribution in [-0.2, 0) is 24.0 Å². The van der Waals surface area contributed by atoms with Crippen molar-refractivity contribution >= 4 is 18.1 Å². The van der Waals surface area contributed by atoms with Crippen molar-refractivity contribution in [2.45, 2.75) is 98.3 Å². The molecular weight excluding hydrogens is 416 g/mol. The lowest BCUT2D eigenvalue weighted by Crippen LogP contribution is -2.10. The zero-order valence-electron chi connectivity index (χ0n) is 21.9. The summed E-state index contributed by atoms with van der Waals surface area (Å²) in [4.78, 5) is 11.9. The largest absolute Gasteiger partial charge is 0.462 e. The van der Waals surface area contributed by atoms with Crippen molar-refractivity contribution in [2.75, 3.05) is 6.61 Å². The Balaban J connectivity index is 1.78. The number of unbranched alkanes of at least 4 members (excludes halogenated alkanes) is 5. The normalized spacial score (nSPS) is 15.2. The lowest BCUT2D eigenvalue weighted by molar-refractivity contribution is 0.0526. The van der Waals surface area contributed by atoms with Crippen molar-refractivity contribution in [1.29, 1.82) is 0 Å². The number of benzene rings is 2. The molecule has 0 saturated carbocycles. The van der Waals surface area contributed by atoms with Gasteiger partial charge in [0.2, 0.25) is 0 Å². The summed E-state index contributed by atoms with van der Waals surface area (Å²) in [5.41, 5.74) is 8.10. The predicted molar refractivity (Wildman–Crippen MR) is 145 cm³/mol. The van der Waals surface area contributed by atoms with Gasteiger partial charge in [0, 0.05) is 0 Å². The van der Waals surface area contributed by atoms with Crippen LogP contribution in [0, 0.1) is 5.41 Å². The number of hydrogen-bond donors (Lipinski definition) is 0. The lowest BCUT2D eigenvalue weighted by atomic mass is 9.85. The minimum atomic E-state index is -0.257. The zero-order valence-corrected chi connectivity index (χ0v) is 21.9. The van der Waals surface area contributed by atoms with Gasteiger partial charge in [0.1, 0.15) is 0 Å². The third kappa shape index (κ3) is 7.86. The third-order valence-electron chi connectivity index (χ3n) is 7.28. The molecule has 1 aliphatic carbocycles. The van der Waals surface area contributed by atoms with E-state index in [0.717, 1.165) is 12.0 Å². The number of rotatable bonds is 11. The molecule has 0 radical (unpaired) electrons. The van der Waals surface area contributed by atoms with Crippen LogP contribution in [-0.4, -0.2) is 12.6 Å². The Kier molecular flexibility index (Phi) is 9.99. The fraction of sp³-hybridized carbons (Fsp3) is 0.531. The van der Waals surface area contributed by atoms with Gasteiger partial charge in [-0.1, -0.05) is 89.3 Å². The Morgan fingerprint density at radius 1 is 0.882 bits per heavy atom. The number of aryl methyl sites for hydroxylation is 3. The van der Waals surface area contributed by atoms with Crippen LogP contribution in [0.5, 0.6) is 0 Å². The Morgan fingerprint density at radius 3 is 2.21 bits per heavy atom. The van der Waals surface area contributed by atoms with Crippen LogP contribution in [0.1, 0.15) is 117 Å². The molecule has 0 unspecified atom stereocenters. The van der Waals surface area contributed by atoms with Gasteiger partial charge in [-0.15, -0.1) is 0 Å². The second kappa shape index (κ2) is 12.9. The van der Waals surface area contributed by atoms with Crippen molar-refractivity contribution in [3.05, 3.63) is 69.8 Å². The minimum absolute atomic E-state index is 0.257. The van der Waals surface area contributed by atoms with Crippen molar-refractivity contribution in [3.63, 3.8) is 0 Å².